The fourth-order valence-corrected chi connectivity index (χ4v) is 1.31. The van der Waals surface area contributed by atoms with Gasteiger partial charge in [0.05, 0.1) is 11.6 Å². The lowest BCUT2D eigenvalue weighted by molar-refractivity contribution is 0.317. The minimum Gasteiger partial charge on any atom is -0.492 e. The van der Waals surface area contributed by atoms with Crippen molar-refractivity contribution in [3.05, 3.63) is 27.7 Å². The Labute approximate surface area is 85.8 Å². The van der Waals surface area contributed by atoms with Crippen LogP contribution in [0.5, 0.6) is 5.75 Å². The number of hydrogen-bond acceptors (Lipinski definition) is 1. The molecule has 0 aliphatic heterocycles. The SMILES string of the molecule is CCCOc1cc(Br)ccc1Cl. The number of halogens is 2. The standard InChI is InChI=1S/C9H10BrClO/c1-2-5-12-9-6-7(10)3-4-8(9)11/h3-4,6H,2,5H2,1H3. The van der Waals surface area contributed by atoms with Crippen molar-refractivity contribution in [2.75, 3.05) is 6.61 Å². The molecule has 12 heavy (non-hydrogen) atoms. The highest BCUT2D eigenvalue weighted by Gasteiger charge is 2.00. The third-order valence-electron chi connectivity index (χ3n) is 1.35. The lowest BCUT2D eigenvalue weighted by Gasteiger charge is -2.06. The highest BCUT2D eigenvalue weighted by Crippen LogP contribution is 2.27. The highest BCUT2D eigenvalue weighted by atomic mass is 79.9. The molecule has 0 saturated heterocycles. The van der Waals surface area contributed by atoms with Gasteiger partial charge in [-0.2, -0.15) is 0 Å². The fourth-order valence-electron chi connectivity index (χ4n) is 0.800. The van der Waals surface area contributed by atoms with Crippen LogP contribution in [0.3, 0.4) is 0 Å². The molecule has 0 heterocycles. The van der Waals surface area contributed by atoms with Gasteiger partial charge in [0.25, 0.3) is 0 Å². The Bertz CT molecular complexity index is 263. The van der Waals surface area contributed by atoms with E-state index in [0.29, 0.717) is 11.6 Å². The molecule has 0 radical (unpaired) electrons. The minimum absolute atomic E-state index is 0.659. The van der Waals surface area contributed by atoms with Crippen LogP contribution < -0.4 is 4.74 Å². The quantitative estimate of drug-likeness (QED) is 0.790. The summed E-state index contributed by atoms with van der Waals surface area (Å²) in [5.41, 5.74) is 0. The van der Waals surface area contributed by atoms with E-state index in [1.807, 2.05) is 18.2 Å². The second-order valence-electron chi connectivity index (χ2n) is 2.42. The summed E-state index contributed by atoms with van der Waals surface area (Å²) in [6, 6.07) is 5.58. The molecule has 1 nitrogen and oxygen atoms in total. The van der Waals surface area contributed by atoms with E-state index in [0.717, 1.165) is 16.6 Å². The molecule has 0 unspecified atom stereocenters. The normalized spacial score (nSPS) is 9.92. The predicted octanol–water partition coefficient (Wildman–Crippen LogP) is 3.89. The Morgan fingerprint density at radius 2 is 2.25 bits per heavy atom. The Balaban J connectivity index is 2.75. The fraction of sp³-hybridized carbons (Fsp3) is 0.333. The number of ether oxygens (including phenoxy) is 1. The molecule has 0 N–H and O–H groups in total. The van der Waals surface area contributed by atoms with E-state index in [2.05, 4.69) is 22.9 Å². The summed E-state index contributed by atoms with van der Waals surface area (Å²) in [4.78, 5) is 0. The van der Waals surface area contributed by atoms with Gasteiger partial charge >= 0.3 is 0 Å². The van der Waals surface area contributed by atoms with Gasteiger partial charge in [-0.1, -0.05) is 34.5 Å². The van der Waals surface area contributed by atoms with Crippen LogP contribution in [0.2, 0.25) is 5.02 Å². The molecule has 0 fully saturated rings. The van der Waals surface area contributed by atoms with Gasteiger partial charge in [0.1, 0.15) is 5.75 Å². The first-order valence-corrected chi connectivity index (χ1v) is 4.99. The molecule has 0 aliphatic rings. The first-order chi connectivity index (χ1) is 5.74. The largest absolute Gasteiger partial charge is 0.492 e. The first-order valence-electron chi connectivity index (χ1n) is 3.82. The zero-order valence-corrected chi connectivity index (χ0v) is 9.15. The van der Waals surface area contributed by atoms with Gasteiger partial charge in [0.2, 0.25) is 0 Å². The number of benzene rings is 1. The molecule has 0 amide bonds. The minimum atomic E-state index is 0.659. The van der Waals surface area contributed by atoms with Gasteiger partial charge in [-0.05, 0) is 24.6 Å². The van der Waals surface area contributed by atoms with Gasteiger partial charge in [-0.15, -0.1) is 0 Å². The van der Waals surface area contributed by atoms with Crippen molar-refractivity contribution in [2.45, 2.75) is 13.3 Å². The monoisotopic (exact) mass is 248 g/mol. The van der Waals surface area contributed by atoms with Crippen LogP contribution in [-0.4, -0.2) is 6.61 Å². The summed E-state index contributed by atoms with van der Waals surface area (Å²) in [6.07, 6.45) is 0.989. The average Bonchev–Trinajstić information content (AvgIpc) is 2.07. The summed E-state index contributed by atoms with van der Waals surface area (Å²) < 4.78 is 6.39. The van der Waals surface area contributed by atoms with E-state index in [1.165, 1.54) is 0 Å². The molecule has 3 heteroatoms. The summed E-state index contributed by atoms with van der Waals surface area (Å²) in [7, 11) is 0. The van der Waals surface area contributed by atoms with Crippen molar-refractivity contribution in [1.29, 1.82) is 0 Å². The smallest absolute Gasteiger partial charge is 0.138 e. The van der Waals surface area contributed by atoms with Crippen molar-refractivity contribution in [2.24, 2.45) is 0 Å². The van der Waals surface area contributed by atoms with Crippen molar-refractivity contribution >= 4 is 27.5 Å². The summed E-state index contributed by atoms with van der Waals surface area (Å²) in [5, 5.41) is 0.659. The number of hydrogen-bond donors (Lipinski definition) is 0. The van der Waals surface area contributed by atoms with Crippen molar-refractivity contribution < 1.29 is 4.74 Å². The van der Waals surface area contributed by atoms with E-state index < -0.39 is 0 Å². The lowest BCUT2D eigenvalue weighted by atomic mass is 10.3. The predicted molar refractivity (Wildman–Crippen MR) is 54.9 cm³/mol. The van der Waals surface area contributed by atoms with Gasteiger partial charge in [-0.3, -0.25) is 0 Å². The van der Waals surface area contributed by atoms with Crippen LogP contribution in [0, 0.1) is 0 Å². The summed E-state index contributed by atoms with van der Waals surface area (Å²) >= 11 is 9.24. The summed E-state index contributed by atoms with van der Waals surface area (Å²) in [6.45, 7) is 2.77. The van der Waals surface area contributed by atoms with Crippen LogP contribution in [0.15, 0.2) is 22.7 Å². The topological polar surface area (TPSA) is 9.23 Å². The van der Waals surface area contributed by atoms with E-state index >= 15 is 0 Å². The van der Waals surface area contributed by atoms with Gasteiger partial charge in [0.15, 0.2) is 0 Å². The molecule has 0 spiro atoms. The van der Waals surface area contributed by atoms with E-state index in [1.54, 1.807) is 0 Å². The van der Waals surface area contributed by atoms with Crippen LogP contribution in [-0.2, 0) is 0 Å². The van der Waals surface area contributed by atoms with Crippen LogP contribution in [0.1, 0.15) is 13.3 Å². The van der Waals surface area contributed by atoms with Crippen molar-refractivity contribution in [1.82, 2.24) is 0 Å². The Hall–Kier alpha value is -0.210. The third-order valence-corrected chi connectivity index (χ3v) is 2.16. The number of rotatable bonds is 3. The zero-order chi connectivity index (χ0) is 8.97. The highest BCUT2D eigenvalue weighted by molar-refractivity contribution is 9.10. The molecule has 1 aromatic carbocycles. The molecule has 1 aromatic rings. The maximum atomic E-state index is 5.89. The third kappa shape index (κ3) is 2.68. The molecule has 0 atom stereocenters. The molecule has 0 saturated carbocycles. The maximum Gasteiger partial charge on any atom is 0.138 e. The van der Waals surface area contributed by atoms with E-state index in [9.17, 15) is 0 Å². The maximum absolute atomic E-state index is 5.89. The molecule has 0 bridgehead atoms. The van der Waals surface area contributed by atoms with Crippen LogP contribution >= 0.6 is 27.5 Å². The second kappa shape index (κ2) is 4.73. The van der Waals surface area contributed by atoms with Crippen molar-refractivity contribution in [3.8, 4) is 5.75 Å². The Kier molecular flexibility index (Phi) is 3.89. The summed E-state index contributed by atoms with van der Waals surface area (Å²) in [5.74, 6) is 0.743. The lowest BCUT2D eigenvalue weighted by Crippen LogP contribution is -1.95. The van der Waals surface area contributed by atoms with Gasteiger partial charge in [-0.25, -0.2) is 0 Å². The van der Waals surface area contributed by atoms with E-state index in [4.69, 9.17) is 16.3 Å². The molecular weight excluding hydrogens is 239 g/mol. The second-order valence-corrected chi connectivity index (χ2v) is 3.75. The molecule has 0 aliphatic carbocycles. The van der Waals surface area contributed by atoms with Gasteiger partial charge < -0.3 is 4.74 Å². The molecule has 1 rings (SSSR count). The van der Waals surface area contributed by atoms with Crippen LogP contribution in [0.25, 0.3) is 0 Å². The zero-order valence-electron chi connectivity index (χ0n) is 6.81. The van der Waals surface area contributed by atoms with Gasteiger partial charge in [0, 0.05) is 4.47 Å². The van der Waals surface area contributed by atoms with Crippen LogP contribution in [0.4, 0.5) is 0 Å². The average molecular weight is 250 g/mol. The Morgan fingerprint density at radius 3 is 2.92 bits per heavy atom. The molecule has 0 aromatic heterocycles. The van der Waals surface area contributed by atoms with E-state index in [-0.39, 0.29) is 0 Å². The molecular formula is C9H10BrClO. The molecule has 66 valence electrons. The van der Waals surface area contributed by atoms with Crippen molar-refractivity contribution in [3.63, 3.8) is 0 Å². The first kappa shape index (κ1) is 9.87. The Morgan fingerprint density at radius 1 is 1.50 bits per heavy atom.